The maximum atomic E-state index is 12.3. The van der Waals surface area contributed by atoms with E-state index < -0.39 is 65.7 Å². The van der Waals surface area contributed by atoms with Gasteiger partial charge in [0.05, 0.1) is 19.1 Å². The number of rotatable bonds is 14. The number of carbonyl (C=O) groups is 1. The van der Waals surface area contributed by atoms with E-state index in [1.165, 1.54) is 0 Å². The van der Waals surface area contributed by atoms with E-state index in [0.29, 0.717) is 25.9 Å². The van der Waals surface area contributed by atoms with Crippen LogP contribution in [-0.4, -0.2) is 72.0 Å². The van der Waals surface area contributed by atoms with Crippen molar-refractivity contribution in [3.05, 3.63) is 32.6 Å². The molecule has 1 aromatic rings. The molecule has 0 spiro atoms. The van der Waals surface area contributed by atoms with Gasteiger partial charge in [0.1, 0.15) is 12.3 Å². The van der Waals surface area contributed by atoms with Gasteiger partial charge < -0.3 is 40.5 Å². The van der Waals surface area contributed by atoms with Crippen LogP contribution in [0, 0.1) is 0 Å². The number of phosphoric acid groups is 3. The predicted molar refractivity (Wildman–Crippen MR) is 121 cm³/mol. The summed E-state index contributed by atoms with van der Waals surface area (Å²) in [6.45, 7) is -0.157. The van der Waals surface area contributed by atoms with E-state index in [4.69, 9.17) is 25.2 Å². The van der Waals surface area contributed by atoms with E-state index >= 15 is 0 Å². The molecule has 1 aliphatic rings. The Balaban J connectivity index is 2.04. The average molecular weight is 596 g/mol. The van der Waals surface area contributed by atoms with E-state index in [1.807, 2.05) is 4.98 Å². The van der Waals surface area contributed by atoms with Crippen LogP contribution in [-0.2, 0) is 42.8 Å². The number of aromatic nitrogens is 2. The number of aliphatic hydroxyl groups excluding tert-OH is 1. The normalized spacial score (nSPS) is 23.4. The monoisotopic (exact) mass is 596 g/mol. The maximum absolute atomic E-state index is 12.3. The third kappa shape index (κ3) is 10.6. The van der Waals surface area contributed by atoms with E-state index in [2.05, 4.69) is 18.5 Å². The predicted octanol–water partition coefficient (Wildman–Crippen LogP) is -2.07. The van der Waals surface area contributed by atoms with E-state index in [-0.39, 0.29) is 18.4 Å². The molecule has 1 saturated heterocycles. The summed E-state index contributed by atoms with van der Waals surface area (Å²) in [7, 11) is -16.8. The first kappa shape index (κ1) is 31.7. The first-order chi connectivity index (χ1) is 17.0. The van der Waals surface area contributed by atoms with Gasteiger partial charge in [0.2, 0.25) is 5.91 Å². The lowest BCUT2D eigenvalue weighted by molar-refractivity contribution is -0.120. The first-order valence-corrected chi connectivity index (χ1v) is 15.0. The van der Waals surface area contributed by atoms with Crippen LogP contribution in [0.1, 0.15) is 31.1 Å². The number of aliphatic hydroxyl groups is 1. The number of ether oxygens (including phenoxy) is 1. The zero-order valence-electron chi connectivity index (χ0n) is 18.9. The fourth-order valence-corrected chi connectivity index (χ4v) is 6.14. The van der Waals surface area contributed by atoms with Crippen LogP contribution < -0.4 is 22.3 Å². The molecule has 1 aromatic heterocycles. The van der Waals surface area contributed by atoms with E-state index in [0.717, 1.165) is 10.8 Å². The van der Waals surface area contributed by atoms with Crippen molar-refractivity contribution in [2.24, 2.45) is 5.73 Å². The summed E-state index contributed by atoms with van der Waals surface area (Å²) in [6, 6.07) is 0. The highest BCUT2D eigenvalue weighted by Crippen LogP contribution is 2.66. The van der Waals surface area contributed by atoms with Gasteiger partial charge in [0.25, 0.3) is 5.56 Å². The van der Waals surface area contributed by atoms with Crippen molar-refractivity contribution in [3.63, 3.8) is 0 Å². The molecule has 0 saturated carbocycles. The van der Waals surface area contributed by atoms with Gasteiger partial charge in [-0.2, -0.15) is 8.62 Å². The summed E-state index contributed by atoms with van der Waals surface area (Å²) in [4.78, 5) is 74.2. The summed E-state index contributed by atoms with van der Waals surface area (Å²) in [5, 5.41) is 12.8. The second-order valence-corrected chi connectivity index (χ2v) is 12.1. The zero-order valence-corrected chi connectivity index (χ0v) is 21.6. The van der Waals surface area contributed by atoms with Crippen LogP contribution >= 0.6 is 23.5 Å². The maximum Gasteiger partial charge on any atom is 0.490 e. The minimum atomic E-state index is -5.73. The minimum Gasteiger partial charge on any atom is -0.390 e. The Morgan fingerprint density at radius 3 is 2.46 bits per heavy atom. The molecule has 0 bridgehead atoms. The van der Waals surface area contributed by atoms with Crippen LogP contribution in [0.15, 0.2) is 15.8 Å². The number of nitrogens with one attached hydrogen (secondary N) is 2. The Kier molecular flexibility index (Phi) is 11.1. The molecule has 1 aliphatic heterocycles. The molecule has 0 aliphatic carbocycles. The van der Waals surface area contributed by atoms with Crippen molar-refractivity contribution in [1.82, 2.24) is 14.9 Å². The Morgan fingerprint density at radius 1 is 1.16 bits per heavy atom. The lowest BCUT2D eigenvalue weighted by atomic mass is 10.2. The molecule has 9 N–H and O–H groups in total. The van der Waals surface area contributed by atoms with Gasteiger partial charge in [-0.25, -0.2) is 18.5 Å². The molecule has 1 fully saturated rings. The number of hydrogen-bond acceptors (Lipinski definition) is 12. The van der Waals surface area contributed by atoms with Gasteiger partial charge in [-0.15, -0.1) is 0 Å². The molecule has 2 heterocycles. The highest BCUT2D eigenvalue weighted by molar-refractivity contribution is 7.66. The molecule has 5 atom stereocenters. The molecule has 212 valence electrons. The Bertz CT molecular complexity index is 1210. The molecule has 22 heteroatoms. The number of unbranched alkanes of at least 4 members (excludes halogenated alkanes) is 1. The van der Waals surface area contributed by atoms with Crippen molar-refractivity contribution in [2.75, 3.05) is 19.7 Å². The molecule has 2 unspecified atom stereocenters. The van der Waals surface area contributed by atoms with Gasteiger partial charge in [-0.05, 0) is 19.4 Å². The van der Waals surface area contributed by atoms with Crippen LogP contribution in [0.5, 0.6) is 0 Å². The molecular weight excluding hydrogens is 569 g/mol. The smallest absolute Gasteiger partial charge is 0.390 e. The van der Waals surface area contributed by atoms with Gasteiger partial charge in [-0.1, -0.05) is 0 Å². The molecule has 19 nitrogen and oxygen atoms in total. The van der Waals surface area contributed by atoms with Crippen LogP contribution in [0.3, 0.4) is 0 Å². The highest BCUT2D eigenvalue weighted by atomic mass is 31.3. The Morgan fingerprint density at radius 2 is 1.84 bits per heavy atom. The summed E-state index contributed by atoms with van der Waals surface area (Å²) in [5.74, 6) is -0.492. The summed E-state index contributed by atoms with van der Waals surface area (Å²) < 4.78 is 51.8. The lowest BCUT2D eigenvalue weighted by Crippen LogP contribution is -2.36. The number of carbonyl (C=O) groups excluding carboxylic acids is 1. The third-order valence-electron chi connectivity index (χ3n) is 4.68. The number of aromatic amines is 1. The quantitative estimate of drug-likeness (QED) is 0.0844. The fourth-order valence-electron chi connectivity index (χ4n) is 3.11. The third-order valence-corrected chi connectivity index (χ3v) is 8.48. The number of nitrogens with zero attached hydrogens (tertiary/aromatic N) is 1. The number of nitrogens with two attached hydrogens (primary N) is 1. The highest BCUT2D eigenvalue weighted by Gasteiger charge is 2.43. The standard InChI is InChI=1S/C15H27N4O15P3/c16-3-1-2-4-17-12(21)5-9-7-19(15(23)18-14(9)22)13-6-10(20)11(32-13)8-31-36(27,28)34-37(29,30)33-35(24,25)26/h7,10-11,13,20H,1-6,8,16H2,(H,17,21)(H,27,28)(H,29,30)(H,18,22,23)(H2,24,25,26)/t10-,11+,13+/m0/s1. The van der Waals surface area contributed by atoms with Crippen molar-refractivity contribution >= 4 is 29.4 Å². The average Bonchev–Trinajstić information content (AvgIpc) is 3.09. The van der Waals surface area contributed by atoms with Crippen LogP contribution in [0.4, 0.5) is 0 Å². The number of phosphoric ester groups is 1. The number of amides is 1. The van der Waals surface area contributed by atoms with Crippen molar-refractivity contribution in [1.29, 1.82) is 0 Å². The summed E-state index contributed by atoms with van der Waals surface area (Å²) in [6.07, 6.45) is -2.30. The lowest BCUT2D eigenvalue weighted by Gasteiger charge is -2.19. The molecule has 37 heavy (non-hydrogen) atoms. The Labute approximate surface area is 208 Å². The van der Waals surface area contributed by atoms with Gasteiger partial charge >= 0.3 is 29.2 Å². The van der Waals surface area contributed by atoms with Crippen molar-refractivity contribution in [3.8, 4) is 0 Å². The summed E-state index contributed by atoms with van der Waals surface area (Å²) >= 11 is 0. The molecular formula is C15H27N4O15P3. The largest absolute Gasteiger partial charge is 0.490 e. The summed E-state index contributed by atoms with van der Waals surface area (Å²) in [5.41, 5.74) is 3.52. The number of hydrogen-bond donors (Lipinski definition) is 8. The van der Waals surface area contributed by atoms with E-state index in [9.17, 15) is 38.1 Å². The van der Waals surface area contributed by atoms with Gasteiger partial charge in [0.15, 0.2) is 0 Å². The van der Waals surface area contributed by atoms with Crippen LogP contribution in [0.25, 0.3) is 0 Å². The fraction of sp³-hybridized carbons (Fsp3) is 0.667. The molecule has 1 amide bonds. The van der Waals surface area contributed by atoms with Gasteiger partial charge in [0, 0.05) is 24.7 Å². The number of H-pyrrole nitrogens is 1. The second kappa shape index (κ2) is 13.0. The minimum absolute atomic E-state index is 0.0919. The SMILES string of the molecule is NCCCCNC(=O)Cc1cn([C@H]2C[C@H](O)[C@@H](COP(=O)(O)OP(=O)(O)OP(=O)(O)O)O2)c(=O)[nH]c1=O. The topological polar surface area (TPSA) is 299 Å². The van der Waals surface area contributed by atoms with Crippen molar-refractivity contribution in [2.45, 2.75) is 44.1 Å². The second-order valence-electron chi connectivity index (χ2n) is 7.66. The van der Waals surface area contributed by atoms with E-state index in [1.54, 1.807) is 0 Å². The molecule has 0 radical (unpaired) electrons. The van der Waals surface area contributed by atoms with Crippen molar-refractivity contribution < 1.29 is 61.1 Å². The first-order valence-electron chi connectivity index (χ1n) is 10.4. The van der Waals surface area contributed by atoms with Gasteiger partial charge in [-0.3, -0.25) is 23.7 Å². The molecule has 2 rings (SSSR count). The molecule has 0 aromatic carbocycles. The van der Waals surface area contributed by atoms with Crippen LogP contribution in [0.2, 0.25) is 0 Å². The zero-order chi connectivity index (χ0) is 28.0. The Hall–Kier alpha value is -1.56.